The summed E-state index contributed by atoms with van der Waals surface area (Å²) < 4.78 is 5.64. The van der Waals surface area contributed by atoms with Crippen LogP contribution in [0.2, 0.25) is 10.0 Å². The van der Waals surface area contributed by atoms with E-state index in [9.17, 15) is 0 Å². The van der Waals surface area contributed by atoms with E-state index in [1.165, 1.54) is 12.3 Å². The van der Waals surface area contributed by atoms with E-state index in [1.54, 1.807) is 18.2 Å². The number of pyridine rings is 1. The molecule has 7 heteroatoms. The van der Waals surface area contributed by atoms with Gasteiger partial charge >= 0.3 is 0 Å². The number of nitrogens with two attached hydrogens (primary N) is 1. The maximum Gasteiger partial charge on any atom is 0.238 e. The Labute approximate surface area is 125 Å². The molecule has 2 rings (SSSR count). The summed E-state index contributed by atoms with van der Waals surface area (Å²) in [5, 5.41) is 12.4. The molecule has 1 aromatic carbocycles. The van der Waals surface area contributed by atoms with Crippen LogP contribution >= 0.6 is 23.2 Å². The van der Waals surface area contributed by atoms with Crippen molar-refractivity contribution in [1.82, 2.24) is 4.98 Å². The number of halogens is 2. The second-order valence-electron chi connectivity index (χ2n) is 3.97. The molecule has 1 heterocycles. The smallest absolute Gasteiger partial charge is 0.238 e. The first-order valence-electron chi connectivity index (χ1n) is 5.59. The summed E-state index contributed by atoms with van der Waals surface area (Å²) in [6, 6.07) is 6.70. The van der Waals surface area contributed by atoms with Gasteiger partial charge in [0.2, 0.25) is 5.88 Å². The average Bonchev–Trinajstić information content (AvgIpc) is 2.43. The third-order valence-electron chi connectivity index (χ3n) is 2.58. The van der Waals surface area contributed by atoms with Crippen molar-refractivity contribution in [3.63, 3.8) is 0 Å². The zero-order valence-corrected chi connectivity index (χ0v) is 12.0. The minimum absolute atomic E-state index is 0.116. The summed E-state index contributed by atoms with van der Waals surface area (Å²) in [6.07, 6.45) is 1.46. The van der Waals surface area contributed by atoms with Crippen LogP contribution in [0.15, 0.2) is 35.6 Å². The highest BCUT2D eigenvalue weighted by Crippen LogP contribution is 2.32. The first kappa shape index (κ1) is 14.4. The van der Waals surface area contributed by atoms with Gasteiger partial charge in [-0.25, -0.2) is 4.98 Å². The maximum absolute atomic E-state index is 8.70. The lowest BCUT2D eigenvalue weighted by atomic mass is 10.2. The predicted octanol–water partition coefficient (Wildman–Crippen LogP) is 3.58. The van der Waals surface area contributed by atoms with Gasteiger partial charge in [0, 0.05) is 16.8 Å². The lowest BCUT2D eigenvalue weighted by molar-refractivity contribution is 0.318. The third kappa shape index (κ3) is 2.95. The van der Waals surface area contributed by atoms with E-state index in [-0.39, 0.29) is 16.7 Å². The number of benzene rings is 1. The van der Waals surface area contributed by atoms with Gasteiger partial charge in [0.25, 0.3) is 0 Å². The van der Waals surface area contributed by atoms with Crippen molar-refractivity contribution in [2.45, 2.75) is 6.92 Å². The molecule has 0 aliphatic rings. The molecule has 2 aromatic rings. The van der Waals surface area contributed by atoms with Gasteiger partial charge in [0.1, 0.15) is 10.8 Å². The third-order valence-corrected chi connectivity index (χ3v) is 3.18. The summed E-state index contributed by atoms with van der Waals surface area (Å²) in [7, 11) is 0. The number of aryl methyl sites for hydroxylation is 1. The zero-order chi connectivity index (χ0) is 14.7. The normalized spacial score (nSPS) is 11.4. The summed E-state index contributed by atoms with van der Waals surface area (Å²) >= 11 is 12.0. The van der Waals surface area contributed by atoms with Crippen LogP contribution in [0.3, 0.4) is 0 Å². The van der Waals surface area contributed by atoms with E-state index in [0.717, 1.165) is 5.56 Å². The molecule has 0 unspecified atom stereocenters. The summed E-state index contributed by atoms with van der Waals surface area (Å²) in [5.74, 6) is 0.622. The standard InChI is InChI=1S/C13H11Cl2N3O2/c1-7-6-8(14)2-3-10(7)20-13-11(15)9(4-5-17-13)12(16)18-19/h2-6,19H,1H3,(H2,16,18). The Morgan fingerprint density at radius 3 is 2.75 bits per heavy atom. The molecular weight excluding hydrogens is 301 g/mol. The van der Waals surface area contributed by atoms with Crippen molar-refractivity contribution < 1.29 is 9.94 Å². The lowest BCUT2D eigenvalue weighted by Gasteiger charge is -2.11. The fraction of sp³-hybridized carbons (Fsp3) is 0.0769. The molecule has 0 spiro atoms. The maximum atomic E-state index is 8.70. The van der Waals surface area contributed by atoms with Crippen molar-refractivity contribution in [1.29, 1.82) is 0 Å². The van der Waals surface area contributed by atoms with E-state index in [4.69, 9.17) is 38.9 Å². The second kappa shape index (κ2) is 5.98. The number of nitrogens with zero attached hydrogens (tertiary/aromatic N) is 2. The Hall–Kier alpha value is -1.98. The molecule has 0 amide bonds. The molecular formula is C13H11Cl2N3O2. The fourth-order valence-corrected chi connectivity index (χ4v) is 2.05. The summed E-state index contributed by atoms with van der Waals surface area (Å²) in [5.41, 5.74) is 6.70. The average molecular weight is 312 g/mol. The number of amidine groups is 1. The molecule has 0 fully saturated rings. The minimum atomic E-state index is -0.116. The van der Waals surface area contributed by atoms with Gasteiger partial charge in [-0.3, -0.25) is 0 Å². The van der Waals surface area contributed by atoms with Crippen LogP contribution in [-0.2, 0) is 0 Å². The first-order chi connectivity index (χ1) is 9.52. The quantitative estimate of drug-likeness (QED) is 0.393. The molecule has 0 saturated heterocycles. The van der Waals surface area contributed by atoms with Gasteiger partial charge in [-0.15, -0.1) is 0 Å². The number of aromatic nitrogens is 1. The number of oxime groups is 1. The van der Waals surface area contributed by atoms with Crippen LogP contribution < -0.4 is 10.5 Å². The number of hydrogen-bond donors (Lipinski definition) is 2. The summed E-state index contributed by atoms with van der Waals surface area (Å²) in [6.45, 7) is 1.85. The van der Waals surface area contributed by atoms with Gasteiger partial charge in [-0.2, -0.15) is 0 Å². The van der Waals surface area contributed by atoms with Gasteiger partial charge in [-0.1, -0.05) is 28.4 Å². The van der Waals surface area contributed by atoms with Crippen molar-refractivity contribution in [2.24, 2.45) is 10.9 Å². The highest BCUT2D eigenvalue weighted by Gasteiger charge is 2.13. The number of hydrogen-bond acceptors (Lipinski definition) is 4. The molecule has 0 aliphatic carbocycles. The van der Waals surface area contributed by atoms with Gasteiger partial charge in [-0.05, 0) is 36.8 Å². The minimum Gasteiger partial charge on any atom is -0.437 e. The van der Waals surface area contributed by atoms with Crippen molar-refractivity contribution >= 4 is 29.0 Å². The molecule has 104 valence electrons. The SMILES string of the molecule is Cc1cc(Cl)ccc1Oc1nccc(/C(N)=N/O)c1Cl. The van der Waals surface area contributed by atoms with Gasteiger partial charge < -0.3 is 15.7 Å². The Morgan fingerprint density at radius 2 is 2.10 bits per heavy atom. The van der Waals surface area contributed by atoms with Crippen LogP contribution in [0.1, 0.15) is 11.1 Å². The number of ether oxygens (including phenoxy) is 1. The monoisotopic (exact) mass is 311 g/mol. The lowest BCUT2D eigenvalue weighted by Crippen LogP contribution is -2.14. The Kier molecular flexibility index (Phi) is 4.32. The zero-order valence-electron chi connectivity index (χ0n) is 10.5. The summed E-state index contributed by atoms with van der Waals surface area (Å²) in [4.78, 5) is 4.04. The molecule has 5 nitrogen and oxygen atoms in total. The van der Waals surface area contributed by atoms with Crippen molar-refractivity contribution in [3.8, 4) is 11.6 Å². The van der Waals surface area contributed by atoms with E-state index >= 15 is 0 Å². The Bertz CT molecular complexity index is 675. The van der Waals surface area contributed by atoms with Crippen LogP contribution in [0.25, 0.3) is 0 Å². The molecule has 0 aliphatic heterocycles. The van der Waals surface area contributed by atoms with Crippen molar-refractivity contribution in [2.75, 3.05) is 0 Å². The number of rotatable bonds is 3. The van der Waals surface area contributed by atoms with Crippen molar-refractivity contribution in [3.05, 3.63) is 51.6 Å². The molecule has 1 aromatic heterocycles. The topological polar surface area (TPSA) is 80.7 Å². The van der Waals surface area contributed by atoms with Gasteiger partial charge in [0.05, 0.1) is 0 Å². The molecule has 3 N–H and O–H groups in total. The second-order valence-corrected chi connectivity index (χ2v) is 4.79. The van der Waals surface area contributed by atoms with E-state index in [0.29, 0.717) is 16.3 Å². The highest BCUT2D eigenvalue weighted by molar-refractivity contribution is 6.35. The van der Waals surface area contributed by atoms with Crippen LogP contribution in [0.5, 0.6) is 11.6 Å². The Balaban J connectivity index is 2.39. The molecule has 0 radical (unpaired) electrons. The fourth-order valence-electron chi connectivity index (χ4n) is 1.58. The van der Waals surface area contributed by atoms with Crippen LogP contribution in [0.4, 0.5) is 0 Å². The van der Waals surface area contributed by atoms with E-state index in [1.807, 2.05) is 6.92 Å². The van der Waals surface area contributed by atoms with E-state index in [2.05, 4.69) is 10.1 Å². The molecule has 0 atom stereocenters. The van der Waals surface area contributed by atoms with E-state index < -0.39 is 0 Å². The van der Waals surface area contributed by atoms with Crippen LogP contribution in [-0.4, -0.2) is 16.0 Å². The molecule has 0 bridgehead atoms. The first-order valence-corrected chi connectivity index (χ1v) is 6.35. The van der Waals surface area contributed by atoms with Crippen LogP contribution in [0, 0.1) is 6.92 Å². The van der Waals surface area contributed by atoms with Gasteiger partial charge in [0.15, 0.2) is 5.84 Å². The predicted molar refractivity (Wildman–Crippen MR) is 78.0 cm³/mol. The Morgan fingerprint density at radius 1 is 1.35 bits per heavy atom. The largest absolute Gasteiger partial charge is 0.437 e. The highest BCUT2D eigenvalue weighted by atomic mass is 35.5. The molecule has 0 saturated carbocycles. The molecule has 20 heavy (non-hydrogen) atoms.